The molecular weight excluding hydrogens is 493 g/mol. The van der Waals surface area contributed by atoms with Gasteiger partial charge in [-0.2, -0.15) is 0 Å². The van der Waals surface area contributed by atoms with Crippen molar-refractivity contribution in [3.05, 3.63) is 94.1 Å². The molecule has 0 fully saturated rings. The second-order valence-electron chi connectivity index (χ2n) is 8.42. The van der Waals surface area contributed by atoms with Crippen LogP contribution >= 0.6 is 35.0 Å². The van der Waals surface area contributed by atoms with Crippen LogP contribution in [-0.4, -0.2) is 19.7 Å². The molecule has 0 amide bonds. The van der Waals surface area contributed by atoms with Crippen molar-refractivity contribution in [3.8, 4) is 11.1 Å². The van der Waals surface area contributed by atoms with Crippen LogP contribution in [0.1, 0.15) is 25.0 Å². The number of pyridine rings is 1. The SMILES string of the molecule is CC(C)(c1cc(-c2cccc(CSc3c(Cl)cccc3Cl)c2)c2ncccc2c1)S(C)(=O)=O. The van der Waals surface area contributed by atoms with E-state index in [1.807, 2.05) is 54.6 Å². The normalized spacial score (nSPS) is 12.3. The second-order valence-corrected chi connectivity index (χ2v) is 12.8. The molecule has 33 heavy (non-hydrogen) atoms. The largest absolute Gasteiger partial charge is 0.256 e. The lowest BCUT2D eigenvalue weighted by molar-refractivity contribution is 0.561. The van der Waals surface area contributed by atoms with E-state index < -0.39 is 14.6 Å². The maximum absolute atomic E-state index is 12.5. The molecule has 0 unspecified atom stereocenters. The lowest BCUT2D eigenvalue weighted by Crippen LogP contribution is -2.28. The van der Waals surface area contributed by atoms with Gasteiger partial charge in [-0.05, 0) is 60.9 Å². The molecule has 0 saturated carbocycles. The van der Waals surface area contributed by atoms with Crippen molar-refractivity contribution < 1.29 is 8.42 Å². The van der Waals surface area contributed by atoms with Gasteiger partial charge in [0.05, 0.1) is 20.3 Å². The standard InChI is InChI=1S/C26H23Cl2NO2S2/c1-26(2,33(3,30)31)20-14-19-9-6-12-29-24(19)21(15-20)18-8-4-7-17(13-18)16-32-25-22(27)10-5-11-23(25)28/h4-15H,16H2,1-3H3. The van der Waals surface area contributed by atoms with Crippen LogP contribution in [0.3, 0.4) is 0 Å². The minimum absolute atomic E-state index is 0.634. The first-order valence-corrected chi connectivity index (χ1v) is 14.0. The van der Waals surface area contributed by atoms with Crippen molar-refractivity contribution in [3.63, 3.8) is 0 Å². The predicted molar refractivity (Wildman–Crippen MR) is 141 cm³/mol. The number of fused-ring (bicyclic) bond motifs is 1. The maximum Gasteiger partial charge on any atom is 0.156 e. The molecule has 170 valence electrons. The van der Waals surface area contributed by atoms with Gasteiger partial charge in [-0.1, -0.05) is 59.6 Å². The number of benzene rings is 3. The van der Waals surface area contributed by atoms with Crippen LogP contribution < -0.4 is 0 Å². The number of sulfone groups is 1. The molecule has 3 aromatic carbocycles. The first-order chi connectivity index (χ1) is 15.6. The van der Waals surface area contributed by atoms with Gasteiger partial charge in [-0.3, -0.25) is 4.98 Å². The third-order valence-corrected chi connectivity index (χ3v) is 10.0. The summed E-state index contributed by atoms with van der Waals surface area (Å²) in [5.41, 5.74) is 4.56. The number of nitrogens with zero attached hydrogens (tertiary/aromatic N) is 1. The molecule has 0 bridgehead atoms. The average molecular weight is 517 g/mol. The van der Waals surface area contributed by atoms with Gasteiger partial charge in [-0.15, -0.1) is 11.8 Å². The molecule has 1 aromatic heterocycles. The Balaban J connectivity index is 1.78. The number of aromatic nitrogens is 1. The molecule has 0 saturated heterocycles. The van der Waals surface area contributed by atoms with Gasteiger partial charge in [0.2, 0.25) is 0 Å². The molecule has 0 aliphatic heterocycles. The fraction of sp³-hybridized carbons (Fsp3) is 0.192. The number of thioether (sulfide) groups is 1. The van der Waals surface area contributed by atoms with Crippen LogP contribution in [0.4, 0.5) is 0 Å². The summed E-state index contributed by atoms with van der Waals surface area (Å²) in [6.45, 7) is 3.48. The van der Waals surface area contributed by atoms with Gasteiger partial charge in [0.1, 0.15) is 0 Å². The minimum atomic E-state index is -3.33. The molecule has 4 rings (SSSR count). The van der Waals surface area contributed by atoms with Crippen LogP contribution in [0.5, 0.6) is 0 Å². The Hall–Kier alpha value is -2.05. The molecule has 0 spiro atoms. The topological polar surface area (TPSA) is 47.0 Å². The molecule has 7 heteroatoms. The molecule has 0 N–H and O–H groups in total. The van der Waals surface area contributed by atoms with Crippen molar-refractivity contribution in [2.45, 2.75) is 29.2 Å². The van der Waals surface area contributed by atoms with Crippen molar-refractivity contribution in [1.29, 1.82) is 0 Å². The van der Waals surface area contributed by atoms with Crippen molar-refractivity contribution in [2.75, 3.05) is 6.26 Å². The number of hydrogen-bond donors (Lipinski definition) is 0. The first-order valence-electron chi connectivity index (χ1n) is 10.3. The van der Waals surface area contributed by atoms with E-state index in [1.54, 1.807) is 31.8 Å². The Morgan fingerprint density at radius 1 is 0.939 bits per heavy atom. The van der Waals surface area contributed by atoms with Crippen LogP contribution in [0.2, 0.25) is 10.0 Å². The molecule has 4 aromatic rings. The van der Waals surface area contributed by atoms with E-state index in [9.17, 15) is 8.42 Å². The van der Waals surface area contributed by atoms with Crippen LogP contribution in [0.15, 0.2) is 77.8 Å². The molecule has 0 aliphatic carbocycles. The highest BCUT2D eigenvalue weighted by molar-refractivity contribution is 7.98. The third kappa shape index (κ3) is 4.92. The smallest absolute Gasteiger partial charge is 0.156 e. The Morgan fingerprint density at radius 3 is 2.33 bits per heavy atom. The molecule has 0 aliphatic rings. The van der Waals surface area contributed by atoms with E-state index in [0.29, 0.717) is 15.8 Å². The van der Waals surface area contributed by atoms with Crippen molar-refractivity contribution in [2.24, 2.45) is 0 Å². The zero-order chi connectivity index (χ0) is 23.8. The van der Waals surface area contributed by atoms with Gasteiger partial charge >= 0.3 is 0 Å². The zero-order valence-corrected chi connectivity index (χ0v) is 21.6. The summed E-state index contributed by atoms with van der Waals surface area (Å²) in [7, 11) is -3.33. The molecule has 0 radical (unpaired) electrons. The molecular formula is C26H23Cl2NO2S2. The highest BCUT2D eigenvalue weighted by Gasteiger charge is 2.33. The number of rotatable bonds is 6. The maximum atomic E-state index is 12.5. The van der Waals surface area contributed by atoms with E-state index in [-0.39, 0.29) is 0 Å². The summed E-state index contributed by atoms with van der Waals surface area (Å²) in [4.78, 5) is 5.46. The fourth-order valence-electron chi connectivity index (χ4n) is 3.58. The van der Waals surface area contributed by atoms with E-state index in [2.05, 4.69) is 17.1 Å². The molecule has 3 nitrogen and oxygen atoms in total. The number of hydrogen-bond acceptors (Lipinski definition) is 4. The zero-order valence-electron chi connectivity index (χ0n) is 18.5. The van der Waals surface area contributed by atoms with E-state index in [1.165, 1.54) is 6.26 Å². The number of halogens is 2. The summed E-state index contributed by atoms with van der Waals surface area (Å²) < 4.78 is 24.0. The first kappa shape index (κ1) is 24.1. The second kappa shape index (κ2) is 9.30. The summed E-state index contributed by atoms with van der Waals surface area (Å²) in [5.74, 6) is 0.692. The molecule has 1 heterocycles. The third-order valence-electron chi connectivity index (χ3n) is 5.87. The Labute approximate surface area is 209 Å². The van der Waals surface area contributed by atoms with Crippen LogP contribution in [0.25, 0.3) is 22.0 Å². The van der Waals surface area contributed by atoms with Gasteiger partial charge in [0.25, 0.3) is 0 Å². The monoisotopic (exact) mass is 515 g/mol. The van der Waals surface area contributed by atoms with Crippen molar-refractivity contribution >= 4 is 55.7 Å². The minimum Gasteiger partial charge on any atom is -0.256 e. The van der Waals surface area contributed by atoms with E-state index in [0.717, 1.165) is 38.1 Å². The van der Waals surface area contributed by atoms with E-state index in [4.69, 9.17) is 23.2 Å². The fourth-order valence-corrected chi connectivity index (χ4v) is 5.75. The average Bonchev–Trinajstić information content (AvgIpc) is 2.77. The molecule has 0 atom stereocenters. The van der Waals surface area contributed by atoms with Gasteiger partial charge < -0.3 is 0 Å². The van der Waals surface area contributed by atoms with Crippen LogP contribution in [0, 0.1) is 0 Å². The summed E-state index contributed by atoms with van der Waals surface area (Å²) >= 11 is 14.2. The Morgan fingerprint density at radius 2 is 1.64 bits per heavy atom. The summed E-state index contributed by atoms with van der Waals surface area (Å²) in [5, 5.41) is 2.17. The highest BCUT2D eigenvalue weighted by Crippen LogP contribution is 2.38. The van der Waals surface area contributed by atoms with Crippen LogP contribution in [-0.2, 0) is 20.3 Å². The van der Waals surface area contributed by atoms with Crippen molar-refractivity contribution in [1.82, 2.24) is 4.98 Å². The highest BCUT2D eigenvalue weighted by atomic mass is 35.5. The van der Waals surface area contributed by atoms with Gasteiger partial charge in [0.15, 0.2) is 9.84 Å². The summed E-state index contributed by atoms with van der Waals surface area (Å²) in [6, 6.07) is 21.4. The quantitative estimate of drug-likeness (QED) is 0.246. The predicted octanol–water partition coefficient (Wildman–Crippen LogP) is 7.78. The van der Waals surface area contributed by atoms with Gasteiger partial charge in [-0.25, -0.2) is 8.42 Å². The Kier molecular flexibility index (Phi) is 6.79. The lowest BCUT2D eigenvalue weighted by Gasteiger charge is -2.24. The van der Waals surface area contributed by atoms with E-state index >= 15 is 0 Å². The summed E-state index contributed by atoms with van der Waals surface area (Å²) in [6.07, 6.45) is 3.03. The lowest BCUT2D eigenvalue weighted by atomic mass is 9.93. The Bertz CT molecular complexity index is 1430. The van der Waals surface area contributed by atoms with Gasteiger partial charge in [0, 0.05) is 34.1 Å².